The van der Waals surface area contributed by atoms with Crippen molar-refractivity contribution >= 4 is 34.7 Å². The van der Waals surface area contributed by atoms with Gasteiger partial charge in [0.2, 0.25) is 0 Å². The molecule has 1 aromatic carbocycles. The van der Waals surface area contributed by atoms with Gasteiger partial charge in [-0.1, -0.05) is 29.8 Å². The summed E-state index contributed by atoms with van der Waals surface area (Å²) >= 11 is 5.93. The molecule has 0 atom stereocenters. The van der Waals surface area contributed by atoms with Crippen LogP contribution in [0, 0.1) is 0 Å². The van der Waals surface area contributed by atoms with Crippen LogP contribution in [0.2, 0.25) is 5.02 Å². The van der Waals surface area contributed by atoms with Gasteiger partial charge in [0.25, 0.3) is 0 Å². The summed E-state index contributed by atoms with van der Waals surface area (Å²) in [6.07, 6.45) is 0. The molecule has 0 saturated heterocycles. The van der Waals surface area contributed by atoms with Crippen molar-refractivity contribution in [3.63, 3.8) is 0 Å². The van der Waals surface area contributed by atoms with E-state index in [-0.39, 0.29) is 31.4 Å². The summed E-state index contributed by atoms with van der Waals surface area (Å²) in [7, 11) is 0. The zero-order chi connectivity index (χ0) is 8.48. The van der Waals surface area contributed by atoms with Crippen LogP contribution in [0.25, 0.3) is 0 Å². The standard InChI is InChI=1S/C9H12ClN.Mg.2H/c1-9(2,11)7-5-3-4-6-8(7)10;;;/h3-6H,11H2,1-2H3;;;/q;+2;2*-1. The summed E-state index contributed by atoms with van der Waals surface area (Å²) in [5.41, 5.74) is 6.51. The zero-order valence-electron chi connectivity index (χ0n) is 9.47. The molecule has 0 heterocycles. The Morgan fingerprint density at radius 1 is 1.33 bits per heavy atom. The molecule has 0 bridgehead atoms. The summed E-state index contributed by atoms with van der Waals surface area (Å²) in [6.45, 7) is 3.88. The molecule has 0 aliphatic carbocycles. The Labute approximate surface area is 97.4 Å². The fourth-order valence-corrected chi connectivity index (χ4v) is 1.36. The van der Waals surface area contributed by atoms with Crippen LogP contribution in [0.4, 0.5) is 0 Å². The third-order valence-corrected chi connectivity index (χ3v) is 1.90. The maximum atomic E-state index is 5.93. The summed E-state index contributed by atoms with van der Waals surface area (Å²) in [5, 5.41) is 0.736. The molecule has 0 aliphatic rings. The second-order valence-corrected chi connectivity index (χ2v) is 3.61. The molecule has 1 aromatic rings. The first-order valence-electron chi connectivity index (χ1n) is 3.56. The van der Waals surface area contributed by atoms with Gasteiger partial charge < -0.3 is 8.59 Å². The van der Waals surface area contributed by atoms with Crippen LogP contribution >= 0.6 is 11.6 Å². The van der Waals surface area contributed by atoms with Crippen molar-refractivity contribution in [3.05, 3.63) is 34.9 Å². The van der Waals surface area contributed by atoms with E-state index in [4.69, 9.17) is 17.3 Å². The monoisotopic (exact) mass is 195 g/mol. The van der Waals surface area contributed by atoms with Crippen molar-refractivity contribution in [1.82, 2.24) is 0 Å². The number of rotatable bonds is 1. The molecule has 0 amide bonds. The van der Waals surface area contributed by atoms with Gasteiger partial charge in [-0.2, -0.15) is 0 Å². The molecular formula is C9H14ClMgN. The van der Waals surface area contributed by atoms with Crippen LogP contribution in [-0.4, -0.2) is 23.1 Å². The minimum Gasteiger partial charge on any atom is -1.00 e. The van der Waals surface area contributed by atoms with Gasteiger partial charge in [-0.15, -0.1) is 0 Å². The number of hydrogen-bond acceptors (Lipinski definition) is 1. The van der Waals surface area contributed by atoms with Crippen molar-refractivity contribution in [2.45, 2.75) is 19.4 Å². The number of benzene rings is 1. The SMILES string of the molecule is CC(C)(N)c1ccccc1Cl.[H-].[H-].[Mg+2]. The van der Waals surface area contributed by atoms with E-state index in [0.717, 1.165) is 10.6 Å². The molecule has 0 fully saturated rings. The number of nitrogens with two attached hydrogens (primary N) is 1. The molecule has 12 heavy (non-hydrogen) atoms. The fourth-order valence-electron chi connectivity index (χ4n) is 0.984. The van der Waals surface area contributed by atoms with Crippen LogP contribution < -0.4 is 5.73 Å². The van der Waals surface area contributed by atoms with Crippen LogP contribution in [0.3, 0.4) is 0 Å². The Hall–Kier alpha value is 0.236. The van der Waals surface area contributed by atoms with E-state index >= 15 is 0 Å². The van der Waals surface area contributed by atoms with Crippen LogP contribution in [0.5, 0.6) is 0 Å². The molecular weight excluding hydrogens is 182 g/mol. The number of hydrogen-bond donors (Lipinski definition) is 1. The van der Waals surface area contributed by atoms with Gasteiger partial charge in [-0.25, -0.2) is 0 Å². The molecule has 64 valence electrons. The summed E-state index contributed by atoms with van der Waals surface area (Å²) < 4.78 is 0. The van der Waals surface area contributed by atoms with Gasteiger partial charge in [0.1, 0.15) is 0 Å². The molecule has 0 saturated carbocycles. The molecule has 0 aliphatic heterocycles. The van der Waals surface area contributed by atoms with E-state index in [1.54, 1.807) is 0 Å². The first kappa shape index (κ1) is 12.2. The Balaban J connectivity index is -0.000000403. The molecule has 2 N–H and O–H groups in total. The first-order valence-corrected chi connectivity index (χ1v) is 3.93. The third kappa shape index (κ3) is 2.94. The maximum Gasteiger partial charge on any atom is 2.00 e. The Morgan fingerprint density at radius 2 is 1.83 bits per heavy atom. The predicted octanol–water partition coefficient (Wildman–Crippen LogP) is 2.38. The van der Waals surface area contributed by atoms with E-state index in [1.165, 1.54) is 0 Å². The van der Waals surface area contributed by atoms with Crippen molar-refractivity contribution in [2.75, 3.05) is 0 Å². The molecule has 3 heteroatoms. The van der Waals surface area contributed by atoms with E-state index < -0.39 is 0 Å². The van der Waals surface area contributed by atoms with E-state index in [1.807, 2.05) is 38.1 Å². The Morgan fingerprint density at radius 3 is 2.17 bits per heavy atom. The minimum atomic E-state index is -0.349. The normalized spacial score (nSPS) is 10.7. The van der Waals surface area contributed by atoms with Crippen LogP contribution in [0.1, 0.15) is 22.3 Å². The van der Waals surface area contributed by atoms with E-state index in [9.17, 15) is 0 Å². The van der Waals surface area contributed by atoms with Gasteiger partial charge in [-0.3, -0.25) is 0 Å². The molecule has 1 nitrogen and oxygen atoms in total. The van der Waals surface area contributed by atoms with Crippen molar-refractivity contribution < 1.29 is 2.85 Å². The van der Waals surface area contributed by atoms with Crippen molar-refractivity contribution in [2.24, 2.45) is 5.73 Å². The summed E-state index contributed by atoms with van der Waals surface area (Å²) in [4.78, 5) is 0. The molecule has 0 radical (unpaired) electrons. The van der Waals surface area contributed by atoms with Gasteiger partial charge in [0.05, 0.1) is 0 Å². The minimum absolute atomic E-state index is 0. The maximum absolute atomic E-state index is 5.93. The number of halogens is 1. The van der Waals surface area contributed by atoms with Crippen LogP contribution in [0.15, 0.2) is 24.3 Å². The topological polar surface area (TPSA) is 26.0 Å². The van der Waals surface area contributed by atoms with Gasteiger partial charge in [-0.05, 0) is 25.5 Å². The van der Waals surface area contributed by atoms with Gasteiger partial charge in [0.15, 0.2) is 0 Å². The van der Waals surface area contributed by atoms with E-state index in [2.05, 4.69) is 0 Å². The van der Waals surface area contributed by atoms with Crippen molar-refractivity contribution in [1.29, 1.82) is 0 Å². The summed E-state index contributed by atoms with van der Waals surface area (Å²) in [6, 6.07) is 7.64. The Bertz CT molecular complexity index is 263. The van der Waals surface area contributed by atoms with Gasteiger partial charge in [0, 0.05) is 10.6 Å². The van der Waals surface area contributed by atoms with Crippen LogP contribution in [-0.2, 0) is 5.54 Å². The largest absolute Gasteiger partial charge is 2.00 e. The first-order chi connectivity index (χ1) is 5.02. The smallest absolute Gasteiger partial charge is 1.00 e. The zero-order valence-corrected chi connectivity index (χ0v) is 9.64. The van der Waals surface area contributed by atoms with E-state index in [0.29, 0.717) is 0 Å². The third-order valence-electron chi connectivity index (χ3n) is 1.57. The molecule has 0 aromatic heterocycles. The summed E-state index contributed by atoms with van der Waals surface area (Å²) in [5.74, 6) is 0. The Kier molecular flexibility index (Phi) is 4.55. The average Bonchev–Trinajstić information content (AvgIpc) is 1.86. The fraction of sp³-hybridized carbons (Fsp3) is 0.333. The second kappa shape index (κ2) is 4.47. The second-order valence-electron chi connectivity index (χ2n) is 3.20. The predicted molar refractivity (Wildman–Crippen MR) is 56.6 cm³/mol. The molecule has 0 spiro atoms. The molecule has 0 unspecified atom stereocenters. The average molecular weight is 196 g/mol. The van der Waals surface area contributed by atoms with Gasteiger partial charge >= 0.3 is 23.1 Å². The van der Waals surface area contributed by atoms with Crippen molar-refractivity contribution in [3.8, 4) is 0 Å². The quantitative estimate of drug-likeness (QED) is 0.685. The molecule has 1 rings (SSSR count).